The minimum absolute atomic E-state index is 0.105. The maximum absolute atomic E-state index is 13.4. The summed E-state index contributed by atoms with van der Waals surface area (Å²) in [4.78, 5) is 28.5. The Morgan fingerprint density at radius 1 is 1.03 bits per heavy atom. The van der Waals surface area contributed by atoms with Gasteiger partial charge in [0.2, 0.25) is 22.7 Å². The van der Waals surface area contributed by atoms with E-state index in [0.29, 0.717) is 43.0 Å². The second-order valence-electron chi connectivity index (χ2n) is 9.08. The Labute approximate surface area is 212 Å². The fourth-order valence-electron chi connectivity index (χ4n) is 4.68. The molecule has 1 fully saturated rings. The highest BCUT2D eigenvalue weighted by Gasteiger charge is 2.37. The molecule has 2 aliphatic rings. The number of aryl methyl sites for hydroxylation is 1. The number of fused-ring (bicyclic) bond motifs is 1. The number of ether oxygens (including phenoxy) is 2. The summed E-state index contributed by atoms with van der Waals surface area (Å²) in [5.41, 5.74) is 1.36. The molecule has 0 bridgehead atoms. The largest absolute Gasteiger partial charge is 0.454 e. The zero-order chi connectivity index (χ0) is 25.9. The first-order valence-corrected chi connectivity index (χ1v) is 13.7. The molecule has 1 saturated heterocycles. The first-order valence-electron chi connectivity index (χ1n) is 12.3. The molecule has 4 rings (SSSR count). The lowest BCUT2D eigenvalue weighted by Gasteiger charge is -2.37. The Hall–Kier alpha value is -3.11. The van der Waals surface area contributed by atoms with Crippen LogP contribution in [0.25, 0.3) is 0 Å². The smallest absolute Gasteiger partial charge is 0.252 e. The van der Waals surface area contributed by atoms with Gasteiger partial charge in [0.25, 0.3) is 5.91 Å². The van der Waals surface area contributed by atoms with Gasteiger partial charge in [-0.25, -0.2) is 8.42 Å². The SMILES string of the molecule is CCN(CC)C(=O)C(NC(=O)c1ccc2c(c1)OCO2)C1CCN(S(=O)(=O)c2ccc(C)cc2)CC1. The van der Waals surface area contributed by atoms with Gasteiger partial charge in [0.1, 0.15) is 6.04 Å². The average molecular weight is 516 g/mol. The van der Waals surface area contributed by atoms with Crippen molar-refractivity contribution in [2.75, 3.05) is 33.0 Å². The van der Waals surface area contributed by atoms with Gasteiger partial charge in [-0.3, -0.25) is 9.59 Å². The standard InChI is InChI=1S/C26H33N3O6S/c1-4-28(5-2)26(31)24(27-25(30)20-8-11-22-23(16-20)35-17-34-22)19-12-14-29(15-13-19)36(32,33)21-9-6-18(3)7-10-21/h6-11,16,19,24H,4-5,12-15,17H2,1-3H3,(H,27,30). The molecule has 2 aliphatic heterocycles. The van der Waals surface area contributed by atoms with E-state index in [1.807, 2.05) is 20.8 Å². The number of carbonyl (C=O) groups excluding carboxylic acids is 2. The summed E-state index contributed by atoms with van der Waals surface area (Å²) < 4.78 is 38.4. The molecule has 10 heteroatoms. The number of hydrogen-bond donors (Lipinski definition) is 1. The summed E-state index contributed by atoms with van der Waals surface area (Å²) in [6.07, 6.45) is 0.925. The molecule has 0 aliphatic carbocycles. The molecule has 9 nitrogen and oxygen atoms in total. The van der Waals surface area contributed by atoms with E-state index in [-0.39, 0.29) is 42.5 Å². The van der Waals surface area contributed by atoms with Crippen LogP contribution in [0, 0.1) is 12.8 Å². The van der Waals surface area contributed by atoms with Crippen LogP contribution in [-0.4, -0.2) is 68.5 Å². The number of benzene rings is 2. The minimum atomic E-state index is -3.62. The highest BCUT2D eigenvalue weighted by molar-refractivity contribution is 7.89. The fourth-order valence-corrected chi connectivity index (χ4v) is 6.15. The van der Waals surface area contributed by atoms with E-state index >= 15 is 0 Å². The highest BCUT2D eigenvalue weighted by atomic mass is 32.2. The number of nitrogens with one attached hydrogen (secondary N) is 1. The summed E-state index contributed by atoms with van der Waals surface area (Å²) >= 11 is 0. The molecular formula is C26H33N3O6S. The first kappa shape index (κ1) is 26.0. The van der Waals surface area contributed by atoms with Gasteiger partial charge in [-0.05, 0) is 69.9 Å². The van der Waals surface area contributed by atoms with Gasteiger partial charge >= 0.3 is 0 Å². The molecule has 0 spiro atoms. The van der Waals surface area contributed by atoms with Crippen molar-refractivity contribution in [3.05, 3.63) is 53.6 Å². The molecule has 2 heterocycles. The van der Waals surface area contributed by atoms with E-state index < -0.39 is 16.1 Å². The number of nitrogens with zero attached hydrogens (tertiary/aromatic N) is 2. The van der Waals surface area contributed by atoms with Gasteiger partial charge in [0.15, 0.2) is 11.5 Å². The van der Waals surface area contributed by atoms with Crippen LogP contribution in [0.3, 0.4) is 0 Å². The van der Waals surface area contributed by atoms with Crippen molar-refractivity contribution in [3.63, 3.8) is 0 Å². The highest BCUT2D eigenvalue weighted by Crippen LogP contribution is 2.33. The molecule has 0 radical (unpaired) electrons. The summed E-state index contributed by atoms with van der Waals surface area (Å²) in [5.74, 6) is 0.330. The maximum atomic E-state index is 13.4. The van der Waals surface area contributed by atoms with Gasteiger partial charge < -0.3 is 19.7 Å². The lowest BCUT2D eigenvalue weighted by atomic mass is 9.89. The molecule has 2 amide bonds. The molecule has 0 aromatic heterocycles. The van der Waals surface area contributed by atoms with Gasteiger partial charge in [0, 0.05) is 31.7 Å². The Kier molecular flexibility index (Phi) is 7.85. The molecule has 1 N–H and O–H groups in total. The van der Waals surface area contributed by atoms with Crippen LogP contribution in [0.5, 0.6) is 11.5 Å². The number of sulfonamides is 1. The van der Waals surface area contributed by atoms with Crippen molar-refractivity contribution >= 4 is 21.8 Å². The van der Waals surface area contributed by atoms with E-state index in [0.717, 1.165) is 5.56 Å². The van der Waals surface area contributed by atoms with Crippen molar-refractivity contribution in [2.45, 2.75) is 44.6 Å². The average Bonchev–Trinajstić information content (AvgIpc) is 3.36. The summed E-state index contributed by atoms with van der Waals surface area (Å²) in [7, 11) is -3.62. The van der Waals surface area contributed by atoms with Crippen LogP contribution in [-0.2, 0) is 14.8 Å². The molecule has 36 heavy (non-hydrogen) atoms. The third-order valence-electron chi connectivity index (χ3n) is 6.89. The Morgan fingerprint density at radius 3 is 2.31 bits per heavy atom. The zero-order valence-corrected chi connectivity index (χ0v) is 21.7. The van der Waals surface area contributed by atoms with Crippen LogP contribution in [0.4, 0.5) is 0 Å². The van der Waals surface area contributed by atoms with Gasteiger partial charge in [-0.15, -0.1) is 0 Å². The second-order valence-corrected chi connectivity index (χ2v) is 11.0. The van der Waals surface area contributed by atoms with Crippen molar-refractivity contribution in [1.29, 1.82) is 0 Å². The molecule has 2 aromatic carbocycles. The quantitative estimate of drug-likeness (QED) is 0.580. The Morgan fingerprint density at radius 2 is 1.67 bits per heavy atom. The van der Waals surface area contributed by atoms with Crippen molar-refractivity contribution < 1.29 is 27.5 Å². The summed E-state index contributed by atoms with van der Waals surface area (Å²) in [5, 5.41) is 2.94. The topological polar surface area (TPSA) is 105 Å². The molecule has 194 valence electrons. The lowest BCUT2D eigenvalue weighted by Crippen LogP contribution is -2.54. The molecule has 2 aromatic rings. The zero-order valence-electron chi connectivity index (χ0n) is 20.9. The van der Waals surface area contributed by atoms with Crippen LogP contribution >= 0.6 is 0 Å². The number of likely N-dealkylation sites (N-methyl/N-ethyl adjacent to an activating group) is 1. The third-order valence-corrected chi connectivity index (χ3v) is 8.80. The number of rotatable bonds is 8. The first-order chi connectivity index (χ1) is 17.2. The number of piperidine rings is 1. The van der Waals surface area contributed by atoms with E-state index in [1.54, 1.807) is 47.4 Å². The minimum Gasteiger partial charge on any atom is -0.454 e. The molecular weight excluding hydrogens is 482 g/mol. The number of hydrogen-bond acceptors (Lipinski definition) is 6. The maximum Gasteiger partial charge on any atom is 0.252 e. The van der Waals surface area contributed by atoms with Crippen LogP contribution in [0.1, 0.15) is 42.6 Å². The predicted octanol–water partition coefficient (Wildman–Crippen LogP) is 2.79. The predicted molar refractivity (Wildman–Crippen MR) is 134 cm³/mol. The van der Waals surface area contributed by atoms with Crippen LogP contribution in [0.15, 0.2) is 47.4 Å². The van der Waals surface area contributed by atoms with E-state index in [9.17, 15) is 18.0 Å². The van der Waals surface area contributed by atoms with Crippen molar-refractivity contribution in [1.82, 2.24) is 14.5 Å². The van der Waals surface area contributed by atoms with E-state index in [4.69, 9.17) is 9.47 Å². The molecule has 0 saturated carbocycles. The second kappa shape index (κ2) is 10.9. The monoisotopic (exact) mass is 515 g/mol. The lowest BCUT2D eigenvalue weighted by molar-refractivity contribution is -0.134. The summed E-state index contributed by atoms with van der Waals surface area (Å²) in [6, 6.07) is 11.0. The third kappa shape index (κ3) is 5.34. The van der Waals surface area contributed by atoms with Crippen LogP contribution < -0.4 is 14.8 Å². The number of amides is 2. The van der Waals surface area contributed by atoms with Gasteiger partial charge in [-0.2, -0.15) is 4.31 Å². The van der Waals surface area contributed by atoms with Crippen molar-refractivity contribution in [2.24, 2.45) is 5.92 Å². The normalized spacial score (nSPS) is 17.0. The fraction of sp³-hybridized carbons (Fsp3) is 0.462. The molecule has 1 atom stereocenters. The van der Waals surface area contributed by atoms with Crippen molar-refractivity contribution in [3.8, 4) is 11.5 Å². The van der Waals surface area contributed by atoms with Crippen LogP contribution in [0.2, 0.25) is 0 Å². The Balaban J connectivity index is 1.50. The van der Waals surface area contributed by atoms with Gasteiger partial charge in [-0.1, -0.05) is 17.7 Å². The van der Waals surface area contributed by atoms with E-state index in [2.05, 4.69) is 5.32 Å². The van der Waals surface area contributed by atoms with E-state index in [1.165, 1.54) is 4.31 Å². The molecule has 1 unspecified atom stereocenters. The van der Waals surface area contributed by atoms with Gasteiger partial charge in [0.05, 0.1) is 4.90 Å². The number of carbonyl (C=O) groups is 2. The Bertz CT molecular complexity index is 1200. The summed E-state index contributed by atoms with van der Waals surface area (Å²) in [6.45, 7) is 7.41.